The lowest BCUT2D eigenvalue weighted by molar-refractivity contribution is 0.0621. The minimum Gasteiger partial charge on any atom is -0.0654 e. The lowest BCUT2D eigenvalue weighted by Crippen LogP contribution is -2.35. The third kappa shape index (κ3) is 1.61. The van der Waals surface area contributed by atoms with E-state index >= 15 is 0 Å². The Morgan fingerprint density at radius 2 is 1.79 bits per heavy atom. The predicted molar refractivity (Wildman–Crippen MR) is 62.2 cm³/mol. The third-order valence-electron chi connectivity index (χ3n) is 5.10. The van der Waals surface area contributed by atoms with Gasteiger partial charge in [0.15, 0.2) is 0 Å². The zero-order chi connectivity index (χ0) is 10.1. The van der Waals surface area contributed by atoms with Gasteiger partial charge in [0.2, 0.25) is 0 Å². The zero-order valence-corrected chi connectivity index (χ0v) is 10.1. The topological polar surface area (TPSA) is 0 Å². The van der Waals surface area contributed by atoms with E-state index in [4.69, 9.17) is 0 Å². The molecule has 0 heteroatoms. The van der Waals surface area contributed by atoms with Gasteiger partial charge in [-0.2, -0.15) is 0 Å². The quantitative estimate of drug-likeness (QED) is 0.618. The first-order chi connectivity index (χ1) is 6.77. The van der Waals surface area contributed by atoms with Gasteiger partial charge in [-0.1, -0.05) is 46.5 Å². The molecule has 0 bridgehead atoms. The van der Waals surface area contributed by atoms with Gasteiger partial charge in [0.05, 0.1) is 0 Å². The van der Waals surface area contributed by atoms with Crippen molar-refractivity contribution in [3.8, 4) is 0 Å². The molecule has 0 N–H and O–H groups in total. The summed E-state index contributed by atoms with van der Waals surface area (Å²) >= 11 is 0. The van der Waals surface area contributed by atoms with Crippen LogP contribution in [0.3, 0.4) is 0 Å². The molecule has 0 aromatic rings. The molecule has 0 aliphatic heterocycles. The number of fused-ring (bicyclic) bond motifs is 1. The van der Waals surface area contributed by atoms with Crippen molar-refractivity contribution in [3.63, 3.8) is 0 Å². The van der Waals surface area contributed by atoms with E-state index < -0.39 is 0 Å². The average Bonchev–Trinajstić information content (AvgIpc) is 2.38. The van der Waals surface area contributed by atoms with Crippen LogP contribution in [-0.4, -0.2) is 0 Å². The van der Waals surface area contributed by atoms with E-state index in [0.717, 1.165) is 29.6 Å². The second-order valence-corrected chi connectivity index (χ2v) is 5.74. The molecule has 5 unspecified atom stereocenters. The fraction of sp³-hybridized carbons (Fsp3) is 1.00. The van der Waals surface area contributed by atoms with Gasteiger partial charge in [-0.25, -0.2) is 0 Å². The fourth-order valence-electron chi connectivity index (χ4n) is 4.24. The van der Waals surface area contributed by atoms with Gasteiger partial charge < -0.3 is 0 Å². The summed E-state index contributed by atoms with van der Waals surface area (Å²) in [6, 6.07) is 0. The Balaban J connectivity index is 1.86. The van der Waals surface area contributed by atoms with Gasteiger partial charge >= 0.3 is 0 Å². The summed E-state index contributed by atoms with van der Waals surface area (Å²) in [6.45, 7) is 7.23. The molecule has 2 saturated carbocycles. The van der Waals surface area contributed by atoms with Crippen LogP contribution in [0, 0.1) is 29.6 Å². The fourth-order valence-corrected chi connectivity index (χ4v) is 4.24. The maximum absolute atomic E-state index is 2.52. The van der Waals surface area contributed by atoms with Crippen LogP contribution in [0.4, 0.5) is 0 Å². The van der Waals surface area contributed by atoms with Crippen molar-refractivity contribution in [2.45, 2.75) is 59.3 Å². The van der Waals surface area contributed by atoms with E-state index in [9.17, 15) is 0 Å². The minimum atomic E-state index is 1.04. The van der Waals surface area contributed by atoms with Crippen LogP contribution >= 0.6 is 0 Å². The Labute approximate surface area is 89.5 Å². The molecule has 0 aromatic heterocycles. The van der Waals surface area contributed by atoms with Crippen LogP contribution < -0.4 is 0 Å². The maximum Gasteiger partial charge on any atom is -0.0329 e. The first kappa shape index (κ1) is 10.5. The van der Waals surface area contributed by atoms with Gasteiger partial charge in [-0.3, -0.25) is 0 Å². The first-order valence-corrected chi connectivity index (χ1v) is 6.77. The molecule has 0 aromatic carbocycles. The van der Waals surface area contributed by atoms with E-state index in [-0.39, 0.29) is 0 Å². The van der Waals surface area contributed by atoms with Crippen molar-refractivity contribution in [1.29, 1.82) is 0 Å². The van der Waals surface area contributed by atoms with E-state index in [0.29, 0.717) is 0 Å². The summed E-state index contributed by atoms with van der Waals surface area (Å²) < 4.78 is 0. The van der Waals surface area contributed by atoms with E-state index in [1.54, 1.807) is 12.8 Å². The summed E-state index contributed by atoms with van der Waals surface area (Å²) in [4.78, 5) is 0. The van der Waals surface area contributed by atoms with E-state index in [2.05, 4.69) is 20.8 Å². The SMILES string of the molecule is CCCCC1CC2CC(CC)C(C)C12. The van der Waals surface area contributed by atoms with Crippen LogP contribution in [0.25, 0.3) is 0 Å². The Bertz CT molecular complexity index is 184. The largest absolute Gasteiger partial charge is 0.0654 e. The second-order valence-electron chi connectivity index (χ2n) is 5.74. The maximum atomic E-state index is 2.52. The van der Waals surface area contributed by atoms with E-state index in [1.807, 2.05) is 0 Å². The summed E-state index contributed by atoms with van der Waals surface area (Å²) in [5.74, 6) is 5.49. The highest BCUT2D eigenvalue weighted by Gasteiger charge is 2.50. The first-order valence-electron chi connectivity index (χ1n) is 6.77. The smallest absolute Gasteiger partial charge is 0.0329 e. The molecule has 2 aliphatic rings. The van der Waals surface area contributed by atoms with Gasteiger partial charge in [0.1, 0.15) is 0 Å². The molecule has 0 heterocycles. The minimum absolute atomic E-state index is 1.04. The van der Waals surface area contributed by atoms with Crippen LogP contribution in [-0.2, 0) is 0 Å². The molecule has 0 amide bonds. The Morgan fingerprint density at radius 3 is 2.43 bits per heavy atom. The molecule has 0 saturated heterocycles. The normalized spacial score (nSPS) is 46.1. The molecular formula is C14H26. The van der Waals surface area contributed by atoms with Crippen molar-refractivity contribution in [1.82, 2.24) is 0 Å². The molecule has 5 atom stereocenters. The molecule has 14 heavy (non-hydrogen) atoms. The molecule has 0 spiro atoms. The lowest BCUT2D eigenvalue weighted by Gasteiger charge is -2.43. The highest BCUT2D eigenvalue weighted by atomic mass is 14.6. The molecule has 82 valence electrons. The Hall–Kier alpha value is 0. The van der Waals surface area contributed by atoms with Gasteiger partial charge in [-0.05, 0) is 42.4 Å². The predicted octanol–water partition coefficient (Wildman–Crippen LogP) is 4.49. The number of hydrogen-bond acceptors (Lipinski definition) is 0. The Morgan fingerprint density at radius 1 is 1.07 bits per heavy atom. The van der Waals surface area contributed by atoms with Crippen LogP contribution in [0.5, 0.6) is 0 Å². The molecule has 2 rings (SSSR count). The molecule has 2 fully saturated rings. The van der Waals surface area contributed by atoms with Crippen molar-refractivity contribution in [2.75, 3.05) is 0 Å². The van der Waals surface area contributed by atoms with Crippen LogP contribution in [0.2, 0.25) is 0 Å². The number of hydrogen-bond donors (Lipinski definition) is 0. The zero-order valence-electron chi connectivity index (χ0n) is 10.1. The summed E-state index contributed by atoms with van der Waals surface area (Å²) in [7, 11) is 0. The van der Waals surface area contributed by atoms with Gasteiger partial charge in [0.25, 0.3) is 0 Å². The number of unbranched alkanes of at least 4 members (excludes halogenated alkanes) is 1. The molecule has 0 nitrogen and oxygen atoms in total. The summed E-state index contributed by atoms with van der Waals surface area (Å²) in [6.07, 6.45) is 8.94. The summed E-state index contributed by atoms with van der Waals surface area (Å²) in [5, 5.41) is 0. The van der Waals surface area contributed by atoms with E-state index in [1.165, 1.54) is 25.7 Å². The standard InChI is InChI=1S/C14H26/c1-4-6-7-12-9-13-8-11(5-2)10(3)14(12)13/h10-14H,4-9H2,1-3H3. The third-order valence-corrected chi connectivity index (χ3v) is 5.10. The average molecular weight is 194 g/mol. The van der Waals surface area contributed by atoms with Crippen molar-refractivity contribution in [3.05, 3.63) is 0 Å². The second kappa shape index (κ2) is 4.24. The van der Waals surface area contributed by atoms with Gasteiger partial charge in [-0.15, -0.1) is 0 Å². The summed E-state index contributed by atoms with van der Waals surface area (Å²) in [5.41, 5.74) is 0. The number of rotatable bonds is 4. The van der Waals surface area contributed by atoms with Crippen LogP contribution in [0.15, 0.2) is 0 Å². The van der Waals surface area contributed by atoms with Crippen molar-refractivity contribution >= 4 is 0 Å². The monoisotopic (exact) mass is 194 g/mol. The lowest BCUT2D eigenvalue weighted by atomic mass is 9.62. The highest BCUT2D eigenvalue weighted by Crippen LogP contribution is 2.58. The van der Waals surface area contributed by atoms with Crippen LogP contribution in [0.1, 0.15) is 59.3 Å². The molecule has 0 radical (unpaired) electrons. The highest BCUT2D eigenvalue weighted by molar-refractivity contribution is 4.99. The molecular weight excluding hydrogens is 168 g/mol. The van der Waals surface area contributed by atoms with Crippen molar-refractivity contribution in [2.24, 2.45) is 29.6 Å². The van der Waals surface area contributed by atoms with Gasteiger partial charge in [0, 0.05) is 0 Å². The van der Waals surface area contributed by atoms with Crippen molar-refractivity contribution < 1.29 is 0 Å². The Kier molecular flexibility index (Phi) is 3.19. The molecule has 2 aliphatic carbocycles.